The third-order valence-corrected chi connectivity index (χ3v) is 4.59. The molecule has 1 heteroatoms. The van der Waals surface area contributed by atoms with Crippen LogP contribution in [0.2, 0.25) is 0 Å². The Morgan fingerprint density at radius 2 is 1.20 bits per heavy atom. The molecule has 0 aliphatic rings. The van der Waals surface area contributed by atoms with Crippen molar-refractivity contribution in [3.05, 3.63) is 9.16 Å². The molecule has 0 rings (SSSR count). The molecular weight excluding hydrogens is 287 g/mol. The van der Waals surface area contributed by atoms with E-state index in [0.29, 0.717) is 0 Å². The van der Waals surface area contributed by atoms with Gasteiger partial charge in [-0.3, -0.25) is 0 Å². The average molecular weight is 315 g/mol. The van der Waals surface area contributed by atoms with Crippen LogP contribution >= 0.6 is 0 Å². The molecule has 3 radical (unpaired) electrons. The van der Waals surface area contributed by atoms with Crippen molar-refractivity contribution < 1.29 is 1.43 Å². The maximum Gasteiger partial charge on any atom is -1.00 e. The quantitative estimate of drug-likeness (QED) is 0.520. The van der Waals surface area contributed by atoms with E-state index in [1.165, 1.54) is 57.8 Å². The van der Waals surface area contributed by atoms with E-state index in [-0.39, 0.29) is 1.43 Å². The Bertz CT molecular complexity index is 166. The van der Waals surface area contributed by atoms with Crippen LogP contribution in [0.5, 0.6) is 0 Å². The molecule has 89 valence electrons. The molecule has 0 heterocycles. The molecular formula is C14H28Sn-. The summed E-state index contributed by atoms with van der Waals surface area (Å²) in [5.74, 6) is 0. The number of unbranched alkanes of at least 4 members (excludes halogenated alkanes) is 3. The van der Waals surface area contributed by atoms with Crippen molar-refractivity contribution in [2.75, 3.05) is 0 Å². The van der Waals surface area contributed by atoms with Crippen molar-refractivity contribution in [3.8, 4) is 0 Å². The van der Waals surface area contributed by atoms with Crippen LogP contribution in [0.25, 0.3) is 0 Å². The van der Waals surface area contributed by atoms with Crippen molar-refractivity contribution in [2.45, 2.75) is 78.6 Å². The van der Waals surface area contributed by atoms with Crippen LogP contribution in [0.15, 0.2) is 9.16 Å². The SMILES string of the molecule is CCCC[C]([Sn])=C(CCCC)CCCC.[H-]. The van der Waals surface area contributed by atoms with Gasteiger partial charge in [-0.15, -0.1) is 0 Å². The fraction of sp³-hybridized carbons (Fsp3) is 0.857. The van der Waals surface area contributed by atoms with Crippen LogP contribution in [0.4, 0.5) is 0 Å². The molecule has 0 N–H and O–H groups in total. The first-order valence-corrected chi connectivity index (χ1v) is 8.11. The van der Waals surface area contributed by atoms with Crippen molar-refractivity contribution >= 4 is 22.5 Å². The van der Waals surface area contributed by atoms with E-state index in [9.17, 15) is 0 Å². The van der Waals surface area contributed by atoms with Gasteiger partial charge in [-0.2, -0.15) is 0 Å². The van der Waals surface area contributed by atoms with Gasteiger partial charge in [-0.05, 0) is 0 Å². The third kappa shape index (κ3) is 8.36. The maximum atomic E-state index is 2.30. The van der Waals surface area contributed by atoms with E-state index < -0.39 is 0 Å². The summed E-state index contributed by atoms with van der Waals surface area (Å²) < 4.78 is 1.78. The van der Waals surface area contributed by atoms with E-state index in [1.807, 2.05) is 5.57 Å². The molecule has 0 aliphatic carbocycles. The Balaban J connectivity index is 0. The van der Waals surface area contributed by atoms with Gasteiger partial charge in [0, 0.05) is 0 Å². The maximum absolute atomic E-state index is 2.30. The first-order valence-electron chi connectivity index (χ1n) is 6.68. The van der Waals surface area contributed by atoms with Crippen LogP contribution in [0.3, 0.4) is 0 Å². The van der Waals surface area contributed by atoms with Crippen molar-refractivity contribution in [3.63, 3.8) is 0 Å². The fourth-order valence-electron chi connectivity index (χ4n) is 1.74. The smallest absolute Gasteiger partial charge is 1.00 e. The number of hydrogen-bond acceptors (Lipinski definition) is 0. The Labute approximate surface area is 111 Å². The van der Waals surface area contributed by atoms with E-state index in [2.05, 4.69) is 20.8 Å². The van der Waals surface area contributed by atoms with E-state index >= 15 is 0 Å². The first-order chi connectivity index (χ1) is 7.26. The second kappa shape index (κ2) is 11.0. The number of rotatable bonds is 9. The zero-order chi connectivity index (χ0) is 11.5. The largest absolute Gasteiger partial charge is 1.00 e. The van der Waals surface area contributed by atoms with Gasteiger partial charge >= 0.3 is 110 Å². The van der Waals surface area contributed by atoms with Gasteiger partial charge in [0.25, 0.3) is 0 Å². The van der Waals surface area contributed by atoms with Crippen molar-refractivity contribution in [1.29, 1.82) is 0 Å². The van der Waals surface area contributed by atoms with Gasteiger partial charge in [0.05, 0.1) is 0 Å². The molecule has 0 aromatic rings. The summed E-state index contributed by atoms with van der Waals surface area (Å²) in [4.78, 5) is 0. The molecule has 0 amide bonds. The molecule has 0 bridgehead atoms. The first kappa shape index (κ1) is 15.5. The number of allylic oxidation sites excluding steroid dienone is 2. The summed E-state index contributed by atoms with van der Waals surface area (Å²) in [5.41, 5.74) is 1.81. The van der Waals surface area contributed by atoms with Gasteiger partial charge < -0.3 is 1.43 Å². The Morgan fingerprint density at radius 3 is 1.60 bits per heavy atom. The fourth-order valence-corrected chi connectivity index (χ4v) is 2.96. The average Bonchev–Trinajstić information content (AvgIpc) is 2.26. The predicted octanol–water partition coefficient (Wildman–Crippen LogP) is 5.09. The monoisotopic (exact) mass is 316 g/mol. The van der Waals surface area contributed by atoms with Crippen LogP contribution in [0, 0.1) is 0 Å². The normalized spacial score (nSPS) is 10.4. The second-order valence-corrected chi connectivity index (χ2v) is 6.12. The minimum Gasteiger partial charge on any atom is -1.00 e. The van der Waals surface area contributed by atoms with E-state index in [1.54, 1.807) is 26.1 Å². The molecule has 0 saturated heterocycles. The topological polar surface area (TPSA) is 0 Å². The zero-order valence-corrected chi connectivity index (χ0v) is 13.7. The van der Waals surface area contributed by atoms with Gasteiger partial charge in [-0.1, -0.05) is 0 Å². The summed E-state index contributed by atoms with van der Waals surface area (Å²) in [6.07, 6.45) is 12.3. The van der Waals surface area contributed by atoms with E-state index in [0.717, 1.165) is 0 Å². The summed E-state index contributed by atoms with van der Waals surface area (Å²) >= 11 is 1.67. The number of hydrogen-bond donors (Lipinski definition) is 0. The van der Waals surface area contributed by atoms with Gasteiger partial charge in [0.15, 0.2) is 0 Å². The Morgan fingerprint density at radius 1 is 0.800 bits per heavy atom. The molecule has 0 saturated carbocycles. The van der Waals surface area contributed by atoms with Gasteiger partial charge in [0.2, 0.25) is 0 Å². The zero-order valence-electron chi connectivity index (χ0n) is 11.9. The Hall–Kier alpha value is 0.539. The van der Waals surface area contributed by atoms with Crippen LogP contribution in [-0.2, 0) is 0 Å². The van der Waals surface area contributed by atoms with Crippen molar-refractivity contribution in [2.24, 2.45) is 0 Å². The molecule has 15 heavy (non-hydrogen) atoms. The molecule has 0 spiro atoms. The predicted molar refractivity (Wildman–Crippen MR) is 72.5 cm³/mol. The molecule has 0 fully saturated rings. The molecule has 0 unspecified atom stereocenters. The molecule has 0 aliphatic heterocycles. The minimum absolute atomic E-state index is 0. The molecule has 0 aromatic heterocycles. The second-order valence-electron chi connectivity index (χ2n) is 4.39. The van der Waals surface area contributed by atoms with Gasteiger partial charge in [0.1, 0.15) is 0 Å². The third-order valence-electron chi connectivity index (χ3n) is 2.87. The summed E-state index contributed by atoms with van der Waals surface area (Å²) in [5, 5.41) is 0. The van der Waals surface area contributed by atoms with E-state index in [4.69, 9.17) is 0 Å². The molecule has 0 nitrogen and oxygen atoms in total. The van der Waals surface area contributed by atoms with Gasteiger partial charge in [-0.25, -0.2) is 0 Å². The Kier molecular flexibility index (Phi) is 11.4. The molecule has 0 aromatic carbocycles. The standard InChI is InChI=1S/C14H27.Sn.H/c1-4-7-10-13-14(11-8-5-2)12-9-6-3;;/h4-12H2,1-3H3;;/q;;-1. The van der Waals surface area contributed by atoms with Crippen LogP contribution in [-0.4, -0.2) is 22.5 Å². The summed E-state index contributed by atoms with van der Waals surface area (Å²) in [6.45, 7) is 6.89. The summed E-state index contributed by atoms with van der Waals surface area (Å²) in [7, 11) is 0. The summed E-state index contributed by atoms with van der Waals surface area (Å²) in [6, 6.07) is 0. The van der Waals surface area contributed by atoms with Crippen LogP contribution in [0.1, 0.15) is 80.0 Å². The molecule has 0 atom stereocenters. The van der Waals surface area contributed by atoms with Crippen molar-refractivity contribution in [1.82, 2.24) is 0 Å². The van der Waals surface area contributed by atoms with Crippen LogP contribution < -0.4 is 0 Å². The minimum atomic E-state index is 0.